The third-order valence-electron chi connectivity index (χ3n) is 2.54. The molecule has 2 nitrogen and oxygen atoms in total. The number of benzene rings is 1. The van der Waals surface area contributed by atoms with Crippen molar-refractivity contribution in [3.63, 3.8) is 0 Å². The highest BCUT2D eigenvalue weighted by molar-refractivity contribution is 7.12. The molecular weight excluding hydrogens is 232 g/mol. The van der Waals surface area contributed by atoms with Gasteiger partial charge in [-0.05, 0) is 43.3 Å². The van der Waals surface area contributed by atoms with Crippen molar-refractivity contribution in [2.45, 2.75) is 13.3 Å². The number of hydrogen-bond donors (Lipinski definition) is 0. The van der Waals surface area contributed by atoms with Crippen LogP contribution in [0.25, 0.3) is 0 Å². The third kappa shape index (κ3) is 2.94. The second-order valence-corrected chi connectivity index (χ2v) is 5.21. The van der Waals surface area contributed by atoms with Gasteiger partial charge in [0.1, 0.15) is 5.75 Å². The van der Waals surface area contributed by atoms with Gasteiger partial charge in [0.2, 0.25) is 0 Å². The van der Waals surface area contributed by atoms with Crippen LogP contribution in [0.4, 0.5) is 0 Å². The Balaban J connectivity index is 2.09. The normalized spacial score (nSPS) is 10.2. The van der Waals surface area contributed by atoms with Crippen LogP contribution in [0.15, 0.2) is 36.4 Å². The van der Waals surface area contributed by atoms with E-state index in [4.69, 9.17) is 4.74 Å². The number of thiophene rings is 1. The summed E-state index contributed by atoms with van der Waals surface area (Å²) in [7, 11) is 1.62. The summed E-state index contributed by atoms with van der Waals surface area (Å²) in [5.74, 6) is 0.919. The average molecular weight is 246 g/mol. The molecule has 1 aromatic heterocycles. The number of hydrogen-bond acceptors (Lipinski definition) is 3. The van der Waals surface area contributed by atoms with E-state index in [1.165, 1.54) is 4.88 Å². The van der Waals surface area contributed by atoms with Gasteiger partial charge in [-0.3, -0.25) is 4.79 Å². The maximum Gasteiger partial charge on any atom is 0.168 e. The molecule has 1 aromatic carbocycles. The number of carbonyl (C=O) groups is 1. The summed E-state index contributed by atoms with van der Waals surface area (Å²) >= 11 is 1.67. The van der Waals surface area contributed by atoms with Crippen molar-refractivity contribution in [3.8, 4) is 5.75 Å². The average Bonchev–Trinajstić information content (AvgIpc) is 2.75. The zero-order valence-electron chi connectivity index (χ0n) is 9.90. The summed E-state index contributed by atoms with van der Waals surface area (Å²) in [5, 5.41) is 0. The Labute approximate surface area is 105 Å². The number of ether oxygens (including phenoxy) is 1. The fourth-order valence-corrected chi connectivity index (χ4v) is 2.51. The molecule has 0 aliphatic rings. The molecule has 2 rings (SSSR count). The fourth-order valence-electron chi connectivity index (χ4n) is 1.62. The van der Waals surface area contributed by atoms with Gasteiger partial charge in [-0.1, -0.05) is 0 Å². The molecule has 0 saturated carbocycles. The van der Waals surface area contributed by atoms with E-state index < -0.39 is 0 Å². The molecular formula is C14H14O2S. The lowest BCUT2D eigenvalue weighted by atomic mass is 10.1. The van der Waals surface area contributed by atoms with E-state index in [1.54, 1.807) is 18.4 Å². The molecule has 3 heteroatoms. The molecule has 0 saturated heterocycles. The summed E-state index contributed by atoms with van der Waals surface area (Å²) in [5.41, 5.74) is 0.733. The topological polar surface area (TPSA) is 26.3 Å². The summed E-state index contributed by atoms with van der Waals surface area (Å²) in [4.78, 5) is 14.3. The van der Waals surface area contributed by atoms with E-state index in [2.05, 4.69) is 0 Å². The zero-order valence-corrected chi connectivity index (χ0v) is 10.7. The standard InChI is InChI=1S/C14H14O2S/c1-10-3-8-13(17-10)9-14(15)11-4-6-12(16-2)7-5-11/h3-8H,9H2,1-2H3. The van der Waals surface area contributed by atoms with Crippen molar-refractivity contribution in [1.29, 1.82) is 0 Å². The van der Waals surface area contributed by atoms with E-state index in [9.17, 15) is 4.79 Å². The lowest BCUT2D eigenvalue weighted by molar-refractivity contribution is 0.0994. The highest BCUT2D eigenvalue weighted by Crippen LogP contribution is 2.18. The lowest BCUT2D eigenvalue weighted by Crippen LogP contribution is -2.01. The molecule has 0 spiro atoms. The molecule has 0 aliphatic carbocycles. The minimum absolute atomic E-state index is 0.148. The lowest BCUT2D eigenvalue weighted by Gasteiger charge is -2.02. The summed E-state index contributed by atoms with van der Waals surface area (Å²) in [6.07, 6.45) is 0.477. The molecule has 0 fully saturated rings. The van der Waals surface area contributed by atoms with E-state index in [-0.39, 0.29) is 5.78 Å². The maximum atomic E-state index is 12.0. The van der Waals surface area contributed by atoms with E-state index >= 15 is 0 Å². The van der Waals surface area contributed by atoms with E-state index in [1.807, 2.05) is 43.3 Å². The van der Waals surface area contributed by atoms with Crippen molar-refractivity contribution in [2.24, 2.45) is 0 Å². The SMILES string of the molecule is COc1ccc(C(=O)Cc2ccc(C)s2)cc1. The number of methoxy groups -OCH3 is 1. The first-order valence-corrected chi connectivity index (χ1v) is 6.23. The number of ketones is 1. The molecule has 2 aromatic rings. The number of rotatable bonds is 4. The fraction of sp³-hybridized carbons (Fsp3) is 0.214. The second kappa shape index (κ2) is 5.15. The van der Waals surface area contributed by atoms with E-state index in [0.717, 1.165) is 16.2 Å². The monoisotopic (exact) mass is 246 g/mol. The Kier molecular flexibility index (Phi) is 3.59. The van der Waals surface area contributed by atoms with Crippen molar-refractivity contribution in [1.82, 2.24) is 0 Å². The first kappa shape index (κ1) is 11.9. The molecule has 0 N–H and O–H groups in total. The summed E-state index contributed by atoms with van der Waals surface area (Å²) in [6, 6.07) is 11.3. The van der Waals surface area contributed by atoms with Crippen molar-refractivity contribution in [3.05, 3.63) is 51.7 Å². The van der Waals surface area contributed by atoms with Gasteiger partial charge in [-0.25, -0.2) is 0 Å². The first-order chi connectivity index (χ1) is 8.19. The van der Waals surface area contributed by atoms with Crippen LogP contribution < -0.4 is 4.74 Å². The zero-order chi connectivity index (χ0) is 12.3. The van der Waals surface area contributed by atoms with E-state index in [0.29, 0.717) is 6.42 Å². The van der Waals surface area contributed by atoms with Crippen LogP contribution in [0, 0.1) is 6.92 Å². The Morgan fingerprint density at radius 2 is 1.88 bits per heavy atom. The Morgan fingerprint density at radius 1 is 1.18 bits per heavy atom. The van der Waals surface area contributed by atoms with Crippen LogP contribution in [0.5, 0.6) is 5.75 Å². The number of Topliss-reactive ketones (excluding diaryl/α,β-unsaturated/α-hetero) is 1. The quantitative estimate of drug-likeness (QED) is 0.772. The predicted octanol–water partition coefficient (Wildman–Crippen LogP) is 3.49. The van der Waals surface area contributed by atoms with Gasteiger partial charge in [0.15, 0.2) is 5.78 Å². The minimum atomic E-state index is 0.148. The highest BCUT2D eigenvalue weighted by atomic mass is 32.1. The van der Waals surface area contributed by atoms with Gasteiger partial charge in [0, 0.05) is 21.7 Å². The van der Waals surface area contributed by atoms with Gasteiger partial charge in [-0.15, -0.1) is 11.3 Å². The summed E-state index contributed by atoms with van der Waals surface area (Å²) in [6.45, 7) is 2.05. The van der Waals surface area contributed by atoms with Gasteiger partial charge < -0.3 is 4.74 Å². The molecule has 0 aliphatic heterocycles. The number of carbonyl (C=O) groups excluding carboxylic acids is 1. The van der Waals surface area contributed by atoms with Crippen molar-refractivity contribution < 1.29 is 9.53 Å². The first-order valence-electron chi connectivity index (χ1n) is 5.41. The van der Waals surface area contributed by atoms with Gasteiger partial charge in [-0.2, -0.15) is 0 Å². The summed E-state index contributed by atoms with van der Waals surface area (Å²) < 4.78 is 5.06. The minimum Gasteiger partial charge on any atom is -0.497 e. The van der Waals surface area contributed by atoms with Crippen LogP contribution in [0.3, 0.4) is 0 Å². The molecule has 1 heterocycles. The molecule has 0 bridgehead atoms. The molecule has 88 valence electrons. The molecule has 0 atom stereocenters. The van der Waals surface area contributed by atoms with Crippen LogP contribution >= 0.6 is 11.3 Å². The Bertz CT molecular complexity index is 511. The maximum absolute atomic E-state index is 12.0. The van der Waals surface area contributed by atoms with Crippen LogP contribution in [-0.4, -0.2) is 12.9 Å². The Hall–Kier alpha value is -1.61. The van der Waals surface area contributed by atoms with Gasteiger partial charge >= 0.3 is 0 Å². The largest absolute Gasteiger partial charge is 0.497 e. The molecule has 0 amide bonds. The smallest absolute Gasteiger partial charge is 0.168 e. The Morgan fingerprint density at radius 3 is 2.41 bits per heavy atom. The van der Waals surface area contributed by atoms with Crippen LogP contribution in [0.1, 0.15) is 20.1 Å². The van der Waals surface area contributed by atoms with Crippen LogP contribution in [-0.2, 0) is 6.42 Å². The van der Waals surface area contributed by atoms with Crippen molar-refractivity contribution in [2.75, 3.05) is 7.11 Å². The predicted molar refractivity (Wildman–Crippen MR) is 70.1 cm³/mol. The second-order valence-electron chi connectivity index (χ2n) is 3.84. The van der Waals surface area contributed by atoms with Gasteiger partial charge in [0.05, 0.1) is 7.11 Å². The van der Waals surface area contributed by atoms with Crippen molar-refractivity contribution >= 4 is 17.1 Å². The van der Waals surface area contributed by atoms with Crippen LogP contribution in [0.2, 0.25) is 0 Å². The molecule has 0 unspecified atom stereocenters. The molecule has 17 heavy (non-hydrogen) atoms. The highest BCUT2D eigenvalue weighted by Gasteiger charge is 2.08. The molecule has 0 radical (unpaired) electrons. The number of aryl methyl sites for hydroxylation is 1. The van der Waals surface area contributed by atoms with Gasteiger partial charge in [0.25, 0.3) is 0 Å². The third-order valence-corrected chi connectivity index (χ3v) is 3.54.